The standard InChI is InChI=1S/C18H38O5/c1-12(14(3)19-7)16(21-9)18(6,23-11)17(5,22-10)13(2)15(4)20-8/h12-16H,1-11H3. The van der Waals surface area contributed by atoms with Crippen molar-refractivity contribution in [2.45, 2.75) is 71.1 Å². The topological polar surface area (TPSA) is 46.2 Å². The van der Waals surface area contributed by atoms with Crippen molar-refractivity contribution >= 4 is 0 Å². The zero-order valence-corrected chi connectivity index (χ0v) is 16.9. The van der Waals surface area contributed by atoms with E-state index in [4.69, 9.17) is 23.7 Å². The average Bonchev–Trinajstić information content (AvgIpc) is 2.58. The van der Waals surface area contributed by atoms with E-state index in [1.807, 2.05) is 20.8 Å². The lowest BCUT2D eigenvalue weighted by Gasteiger charge is -2.53. The van der Waals surface area contributed by atoms with Gasteiger partial charge in [0.1, 0.15) is 11.2 Å². The minimum atomic E-state index is -0.686. The summed E-state index contributed by atoms with van der Waals surface area (Å²) in [7, 11) is 8.56. The molecule has 7 unspecified atom stereocenters. The predicted molar refractivity (Wildman–Crippen MR) is 92.9 cm³/mol. The van der Waals surface area contributed by atoms with Gasteiger partial charge in [0.25, 0.3) is 0 Å². The highest BCUT2D eigenvalue weighted by Crippen LogP contribution is 2.43. The molecule has 23 heavy (non-hydrogen) atoms. The molecule has 5 nitrogen and oxygen atoms in total. The lowest BCUT2D eigenvalue weighted by atomic mass is 9.68. The summed E-state index contributed by atoms with van der Waals surface area (Å²) in [6.07, 6.45) is -0.160. The van der Waals surface area contributed by atoms with Crippen LogP contribution in [0.15, 0.2) is 0 Å². The third kappa shape index (κ3) is 4.26. The van der Waals surface area contributed by atoms with Crippen LogP contribution in [0.25, 0.3) is 0 Å². The molecule has 0 saturated heterocycles. The van der Waals surface area contributed by atoms with Gasteiger partial charge in [-0.3, -0.25) is 0 Å². The van der Waals surface area contributed by atoms with Crippen molar-refractivity contribution in [3.05, 3.63) is 0 Å². The predicted octanol–water partition coefficient (Wildman–Crippen LogP) is 3.15. The van der Waals surface area contributed by atoms with E-state index in [0.717, 1.165) is 0 Å². The Morgan fingerprint density at radius 3 is 1.35 bits per heavy atom. The second-order valence-electron chi connectivity index (χ2n) is 6.81. The summed E-state index contributed by atoms with van der Waals surface area (Å²) in [5, 5.41) is 0. The Labute approximate surface area is 143 Å². The molecule has 0 aromatic heterocycles. The van der Waals surface area contributed by atoms with Crippen molar-refractivity contribution in [1.29, 1.82) is 0 Å². The van der Waals surface area contributed by atoms with Crippen LogP contribution in [0.3, 0.4) is 0 Å². The number of methoxy groups -OCH3 is 5. The number of hydrogen-bond acceptors (Lipinski definition) is 5. The fourth-order valence-corrected chi connectivity index (χ4v) is 3.50. The van der Waals surface area contributed by atoms with E-state index < -0.39 is 11.2 Å². The molecule has 0 aliphatic rings. The van der Waals surface area contributed by atoms with Gasteiger partial charge in [0.2, 0.25) is 0 Å². The minimum absolute atomic E-state index is 0.0158. The van der Waals surface area contributed by atoms with Gasteiger partial charge in [-0.05, 0) is 27.7 Å². The van der Waals surface area contributed by atoms with Crippen molar-refractivity contribution in [1.82, 2.24) is 0 Å². The summed E-state index contributed by atoms with van der Waals surface area (Å²) in [6, 6.07) is 0. The first-order chi connectivity index (χ1) is 10.6. The number of ether oxygens (including phenoxy) is 5. The van der Waals surface area contributed by atoms with Gasteiger partial charge in [-0.1, -0.05) is 13.8 Å². The van der Waals surface area contributed by atoms with Crippen molar-refractivity contribution in [2.75, 3.05) is 35.5 Å². The summed E-state index contributed by atoms with van der Waals surface area (Å²) >= 11 is 0. The molecule has 0 amide bonds. The second-order valence-corrected chi connectivity index (χ2v) is 6.81. The maximum atomic E-state index is 6.02. The van der Waals surface area contributed by atoms with Crippen LogP contribution < -0.4 is 0 Å². The van der Waals surface area contributed by atoms with Crippen molar-refractivity contribution in [3.8, 4) is 0 Å². The molecular formula is C18H38O5. The van der Waals surface area contributed by atoms with Gasteiger partial charge in [0, 0.05) is 47.4 Å². The van der Waals surface area contributed by atoms with Gasteiger partial charge < -0.3 is 23.7 Å². The molecule has 140 valence electrons. The van der Waals surface area contributed by atoms with Gasteiger partial charge in [-0.2, -0.15) is 0 Å². The maximum absolute atomic E-state index is 6.02. The maximum Gasteiger partial charge on any atom is 0.120 e. The summed E-state index contributed by atoms with van der Waals surface area (Å²) in [4.78, 5) is 0. The molecule has 5 heteroatoms. The molecule has 0 bridgehead atoms. The average molecular weight is 334 g/mol. The Balaban J connectivity index is 5.92. The largest absolute Gasteiger partial charge is 0.381 e. The summed E-state index contributed by atoms with van der Waals surface area (Å²) < 4.78 is 28.9. The molecule has 0 heterocycles. The summed E-state index contributed by atoms with van der Waals surface area (Å²) in [6.45, 7) is 12.4. The van der Waals surface area contributed by atoms with Crippen molar-refractivity contribution in [3.63, 3.8) is 0 Å². The summed E-state index contributed by atoms with van der Waals surface area (Å²) in [5.74, 6) is 0.208. The molecule has 0 aliphatic heterocycles. The molecule has 7 atom stereocenters. The lowest BCUT2D eigenvalue weighted by molar-refractivity contribution is -0.259. The number of rotatable bonds is 11. The van der Waals surface area contributed by atoms with Crippen LogP contribution in [0, 0.1) is 11.8 Å². The molecule has 0 fully saturated rings. The van der Waals surface area contributed by atoms with Crippen LogP contribution in [0.4, 0.5) is 0 Å². The van der Waals surface area contributed by atoms with E-state index in [0.29, 0.717) is 0 Å². The molecule has 0 aromatic rings. The highest BCUT2D eigenvalue weighted by atomic mass is 16.6. The minimum Gasteiger partial charge on any atom is -0.381 e. The smallest absolute Gasteiger partial charge is 0.120 e. The molecule has 0 N–H and O–H groups in total. The third-order valence-electron chi connectivity index (χ3n) is 6.17. The lowest BCUT2D eigenvalue weighted by Crippen LogP contribution is -2.66. The van der Waals surface area contributed by atoms with E-state index in [9.17, 15) is 0 Å². The SMILES string of the molecule is COC(C)C(C)C(OC)C(C)(OC)C(C)(OC)C(C)C(C)OC. The fraction of sp³-hybridized carbons (Fsp3) is 1.00. The first-order valence-electron chi connectivity index (χ1n) is 8.29. The van der Waals surface area contributed by atoms with Crippen LogP contribution in [0.1, 0.15) is 41.5 Å². The van der Waals surface area contributed by atoms with Gasteiger partial charge in [0.15, 0.2) is 0 Å². The van der Waals surface area contributed by atoms with E-state index in [1.165, 1.54) is 0 Å². The van der Waals surface area contributed by atoms with E-state index in [-0.39, 0.29) is 30.1 Å². The Hall–Kier alpha value is -0.200. The molecule has 0 aromatic carbocycles. The molecule has 0 spiro atoms. The van der Waals surface area contributed by atoms with Crippen LogP contribution in [-0.4, -0.2) is 65.1 Å². The normalized spacial score (nSPS) is 24.1. The molecule has 0 rings (SSSR count). The van der Waals surface area contributed by atoms with Gasteiger partial charge in [-0.25, -0.2) is 0 Å². The van der Waals surface area contributed by atoms with E-state index in [1.54, 1.807) is 35.5 Å². The second kappa shape index (κ2) is 9.33. The van der Waals surface area contributed by atoms with Crippen LogP contribution >= 0.6 is 0 Å². The zero-order chi connectivity index (χ0) is 18.4. The van der Waals surface area contributed by atoms with E-state index in [2.05, 4.69) is 20.8 Å². The third-order valence-corrected chi connectivity index (χ3v) is 6.17. The monoisotopic (exact) mass is 334 g/mol. The van der Waals surface area contributed by atoms with Crippen LogP contribution in [0.5, 0.6) is 0 Å². The van der Waals surface area contributed by atoms with Gasteiger partial charge in [0.05, 0.1) is 18.3 Å². The molecule has 0 saturated carbocycles. The zero-order valence-electron chi connectivity index (χ0n) is 16.9. The Morgan fingerprint density at radius 2 is 1.04 bits per heavy atom. The van der Waals surface area contributed by atoms with Crippen LogP contribution in [0.2, 0.25) is 0 Å². The summed E-state index contributed by atoms with van der Waals surface area (Å²) in [5.41, 5.74) is -1.30. The molecule has 0 radical (unpaired) electrons. The van der Waals surface area contributed by atoms with E-state index >= 15 is 0 Å². The first kappa shape index (κ1) is 22.8. The fourth-order valence-electron chi connectivity index (χ4n) is 3.50. The Kier molecular flexibility index (Phi) is 9.25. The molecule has 0 aliphatic carbocycles. The Morgan fingerprint density at radius 1 is 0.609 bits per heavy atom. The number of hydrogen-bond donors (Lipinski definition) is 0. The van der Waals surface area contributed by atoms with Gasteiger partial charge in [-0.15, -0.1) is 0 Å². The van der Waals surface area contributed by atoms with Crippen molar-refractivity contribution in [2.24, 2.45) is 11.8 Å². The first-order valence-corrected chi connectivity index (χ1v) is 8.29. The highest BCUT2D eigenvalue weighted by molar-refractivity contribution is 5.07. The van der Waals surface area contributed by atoms with Crippen LogP contribution in [-0.2, 0) is 23.7 Å². The molecular weight excluding hydrogens is 296 g/mol. The van der Waals surface area contributed by atoms with Gasteiger partial charge >= 0.3 is 0 Å². The quantitative estimate of drug-likeness (QED) is 0.581. The van der Waals surface area contributed by atoms with Crippen molar-refractivity contribution < 1.29 is 23.7 Å². The highest BCUT2D eigenvalue weighted by Gasteiger charge is 2.57. The Bertz CT molecular complexity index is 337.